The molecule has 7 heteroatoms. The number of carbonyl (C=O) groups is 2. The Morgan fingerprint density at radius 3 is 2.29 bits per heavy atom. The minimum absolute atomic E-state index is 0.00459. The fourth-order valence-corrected chi connectivity index (χ4v) is 1.67. The Hall–Kier alpha value is -2.44. The van der Waals surface area contributed by atoms with Gasteiger partial charge in [-0.25, -0.2) is 9.59 Å². The highest BCUT2D eigenvalue weighted by Gasteiger charge is 2.25. The molecule has 0 aromatic heterocycles. The summed E-state index contributed by atoms with van der Waals surface area (Å²) < 4.78 is 20.4. The maximum Gasteiger partial charge on any atom is 0.412 e. The molecule has 0 saturated carbocycles. The number of rotatable bonds is 6. The third-order valence-electron chi connectivity index (χ3n) is 2.51. The van der Waals surface area contributed by atoms with Gasteiger partial charge >= 0.3 is 12.1 Å². The van der Waals surface area contributed by atoms with Crippen LogP contribution in [0, 0.1) is 0 Å². The zero-order valence-corrected chi connectivity index (χ0v) is 12.5. The van der Waals surface area contributed by atoms with Crippen LogP contribution in [0.3, 0.4) is 0 Å². The Bertz CT molecular complexity index is 514. The molecule has 21 heavy (non-hydrogen) atoms. The summed E-state index contributed by atoms with van der Waals surface area (Å²) in [6.07, 6.45) is -0.671. The van der Waals surface area contributed by atoms with Crippen LogP contribution in [0.4, 0.5) is 4.79 Å². The molecule has 7 nitrogen and oxygen atoms in total. The number of hydrogen-bond donors (Lipinski definition) is 1. The summed E-state index contributed by atoms with van der Waals surface area (Å²) in [7, 11) is 2.83. The lowest BCUT2D eigenvalue weighted by Gasteiger charge is -2.15. The zero-order valence-electron chi connectivity index (χ0n) is 12.5. The van der Waals surface area contributed by atoms with Crippen molar-refractivity contribution in [2.24, 2.45) is 0 Å². The molecule has 1 N–H and O–H groups in total. The quantitative estimate of drug-likeness (QED) is 0.808. The van der Waals surface area contributed by atoms with Crippen LogP contribution < -0.4 is 19.5 Å². The van der Waals surface area contributed by atoms with Crippen LogP contribution in [0.1, 0.15) is 24.2 Å². The fourth-order valence-electron chi connectivity index (χ4n) is 1.67. The average Bonchev–Trinajstić information content (AvgIpc) is 2.46. The van der Waals surface area contributed by atoms with Crippen molar-refractivity contribution in [3.8, 4) is 17.2 Å². The van der Waals surface area contributed by atoms with Gasteiger partial charge in [0.15, 0.2) is 17.2 Å². The molecule has 1 amide bonds. The van der Waals surface area contributed by atoms with E-state index >= 15 is 0 Å². The minimum Gasteiger partial charge on any atom is -0.493 e. The molecule has 1 aromatic carbocycles. The van der Waals surface area contributed by atoms with Gasteiger partial charge < -0.3 is 24.3 Å². The molecule has 0 aliphatic carbocycles. The highest BCUT2D eigenvalue weighted by atomic mass is 16.6. The van der Waals surface area contributed by atoms with Gasteiger partial charge in [-0.15, -0.1) is 0 Å². The first-order chi connectivity index (χ1) is 10.1. The third-order valence-corrected chi connectivity index (χ3v) is 2.51. The van der Waals surface area contributed by atoms with Crippen LogP contribution in [-0.2, 0) is 4.74 Å². The third kappa shape index (κ3) is 4.01. The molecule has 0 heterocycles. The van der Waals surface area contributed by atoms with Gasteiger partial charge in [0, 0.05) is 6.54 Å². The molecule has 1 rings (SSSR count). The Labute approximate surface area is 123 Å². The molecule has 0 fully saturated rings. The van der Waals surface area contributed by atoms with E-state index < -0.39 is 12.1 Å². The predicted octanol–water partition coefficient (Wildman–Crippen LogP) is 1.99. The highest BCUT2D eigenvalue weighted by molar-refractivity contribution is 5.97. The average molecular weight is 297 g/mol. The summed E-state index contributed by atoms with van der Waals surface area (Å²) in [6.45, 7) is 4.01. The normalized spacial score (nSPS) is 9.71. The van der Waals surface area contributed by atoms with Gasteiger partial charge in [-0.05, 0) is 26.0 Å². The summed E-state index contributed by atoms with van der Waals surface area (Å²) in [5.41, 5.74) is 0.00459. The Kier molecular flexibility index (Phi) is 6.32. The summed E-state index contributed by atoms with van der Waals surface area (Å²) in [4.78, 5) is 23.6. The smallest absolute Gasteiger partial charge is 0.412 e. The van der Waals surface area contributed by atoms with Crippen molar-refractivity contribution in [1.82, 2.24) is 5.32 Å². The van der Waals surface area contributed by atoms with E-state index in [9.17, 15) is 9.59 Å². The van der Waals surface area contributed by atoms with Crippen molar-refractivity contribution in [3.05, 3.63) is 17.7 Å². The van der Waals surface area contributed by atoms with E-state index in [0.717, 1.165) is 0 Å². The number of esters is 1. The number of methoxy groups -OCH3 is 2. The van der Waals surface area contributed by atoms with Gasteiger partial charge in [0.2, 0.25) is 0 Å². The predicted molar refractivity (Wildman–Crippen MR) is 75.2 cm³/mol. The van der Waals surface area contributed by atoms with Crippen LogP contribution in [0.15, 0.2) is 12.1 Å². The molecule has 0 saturated heterocycles. The van der Waals surface area contributed by atoms with Crippen molar-refractivity contribution in [2.75, 3.05) is 27.4 Å². The lowest BCUT2D eigenvalue weighted by Crippen LogP contribution is -2.27. The number of benzene rings is 1. The molecule has 0 radical (unpaired) electrons. The zero-order chi connectivity index (χ0) is 15.8. The SMILES string of the molecule is CCNC(=O)Oc1ccc(OC)c(OC)c1C(=O)OCC. The molecule has 0 unspecified atom stereocenters. The highest BCUT2D eigenvalue weighted by Crippen LogP contribution is 2.37. The molecular weight excluding hydrogens is 278 g/mol. The van der Waals surface area contributed by atoms with Gasteiger partial charge in [0.05, 0.1) is 20.8 Å². The maximum atomic E-state index is 12.1. The lowest BCUT2D eigenvalue weighted by atomic mass is 10.1. The largest absolute Gasteiger partial charge is 0.493 e. The van der Waals surface area contributed by atoms with Crippen molar-refractivity contribution < 1.29 is 28.5 Å². The first kappa shape index (κ1) is 16.6. The number of ether oxygens (including phenoxy) is 4. The molecule has 0 atom stereocenters. The Morgan fingerprint density at radius 2 is 1.76 bits per heavy atom. The number of nitrogens with one attached hydrogen (secondary N) is 1. The fraction of sp³-hybridized carbons (Fsp3) is 0.429. The van der Waals surface area contributed by atoms with E-state index in [2.05, 4.69) is 5.32 Å². The molecule has 1 aromatic rings. The molecule has 116 valence electrons. The summed E-state index contributed by atoms with van der Waals surface area (Å²) in [5, 5.41) is 2.47. The minimum atomic E-state index is -0.671. The number of amides is 1. The Morgan fingerprint density at radius 1 is 1.10 bits per heavy atom. The van der Waals surface area contributed by atoms with Gasteiger partial charge in [-0.1, -0.05) is 0 Å². The second-order valence-corrected chi connectivity index (χ2v) is 3.81. The lowest BCUT2D eigenvalue weighted by molar-refractivity contribution is 0.0519. The summed E-state index contributed by atoms with van der Waals surface area (Å²) in [6, 6.07) is 2.99. The van der Waals surface area contributed by atoms with E-state index in [1.807, 2.05) is 0 Å². The van der Waals surface area contributed by atoms with E-state index in [1.54, 1.807) is 13.8 Å². The van der Waals surface area contributed by atoms with E-state index in [-0.39, 0.29) is 23.7 Å². The Balaban J connectivity index is 3.28. The number of carbonyl (C=O) groups excluding carboxylic acids is 2. The summed E-state index contributed by atoms with van der Waals surface area (Å²) >= 11 is 0. The molecule has 0 aliphatic rings. The van der Waals surface area contributed by atoms with Gasteiger partial charge in [0.1, 0.15) is 5.56 Å². The monoisotopic (exact) mass is 297 g/mol. The van der Waals surface area contributed by atoms with Crippen LogP contribution in [0.25, 0.3) is 0 Å². The molecule has 0 spiro atoms. The van der Waals surface area contributed by atoms with E-state index in [1.165, 1.54) is 26.4 Å². The second-order valence-electron chi connectivity index (χ2n) is 3.81. The van der Waals surface area contributed by atoms with Crippen molar-refractivity contribution in [2.45, 2.75) is 13.8 Å². The van der Waals surface area contributed by atoms with Crippen LogP contribution in [-0.4, -0.2) is 39.4 Å². The number of hydrogen-bond acceptors (Lipinski definition) is 6. The second kappa shape index (κ2) is 7.98. The molecule has 0 aliphatic heterocycles. The van der Waals surface area contributed by atoms with Gasteiger partial charge in [-0.3, -0.25) is 0 Å². The van der Waals surface area contributed by atoms with Gasteiger partial charge in [0.25, 0.3) is 0 Å². The van der Waals surface area contributed by atoms with Crippen molar-refractivity contribution in [1.29, 1.82) is 0 Å². The maximum absolute atomic E-state index is 12.1. The topological polar surface area (TPSA) is 83.1 Å². The van der Waals surface area contributed by atoms with Gasteiger partial charge in [-0.2, -0.15) is 0 Å². The molecule has 0 bridgehead atoms. The van der Waals surface area contributed by atoms with Crippen LogP contribution in [0.2, 0.25) is 0 Å². The molecular formula is C14H19NO6. The van der Waals surface area contributed by atoms with Crippen molar-refractivity contribution in [3.63, 3.8) is 0 Å². The van der Waals surface area contributed by atoms with Crippen molar-refractivity contribution >= 4 is 12.1 Å². The standard InChI is InChI=1S/C14H19NO6/c1-5-15-14(17)21-9-7-8-10(18-3)12(19-4)11(9)13(16)20-6-2/h7-8H,5-6H2,1-4H3,(H,15,17). The van der Waals surface area contributed by atoms with E-state index in [0.29, 0.717) is 12.3 Å². The van der Waals surface area contributed by atoms with Crippen LogP contribution in [0.5, 0.6) is 17.2 Å². The summed E-state index contributed by atoms with van der Waals surface area (Å²) in [5.74, 6) is -0.133. The first-order valence-electron chi connectivity index (χ1n) is 6.46. The first-order valence-corrected chi connectivity index (χ1v) is 6.46. The van der Waals surface area contributed by atoms with E-state index in [4.69, 9.17) is 18.9 Å². The van der Waals surface area contributed by atoms with Crippen LogP contribution >= 0.6 is 0 Å².